The zero-order valence-corrected chi connectivity index (χ0v) is 21.2. The molecule has 0 saturated carbocycles. The molecule has 3 aromatic carbocycles. The number of hydrogen-bond donors (Lipinski definition) is 1. The van der Waals surface area contributed by atoms with Gasteiger partial charge in [-0.05, 0) is 67.7 Å². The summed E-state index contributed by atoms with van der Waals surface area (Å²) in [6, 6.07) is 37.5. The van der Waals surface area contributed by atoms with Gasteiger partial charge in [0.15, 0.2) is 0 Å². The van der Waals surface area contributed by atoms with Gasteiger partial charge < -0.3 is 5.11 Å². The predicted molar refractivity (Wildman–Crippen MR) is 151 cm³/mol. The minimum Gasteiger partial charge on any atom is -0.376 e. The summed E-state index contributed by atoms with van der Waals surface area (Å²) in [7, 11) is 0. The second-order valence-corrected chi connectivity index (χ2v) is 11.2. The van der Waals surface area contributed by atoms with Crippen molar-refractivity contribution in [2.45, 2.75) is 5.60 Å². The van der Waals surface area contributed by atoms with Crippen molar-refractivity contribution in [2.24, 2.45) is 0 Å². The summed E-state index contributed by atoms with van der Waals surface area (Å²) in [5.41, 5.74) is 4.77. The fourth-order valence-electron chi connectivity index (χ4n) is 4.46. The Morgan fingerprint density at radius 2 is 0.686 bits per heavy atom. The van der Waals surface area contributed by atoms with Crippen LogP contribution in [0.25, 0.3) is 31.3 Å². The smallest absolute Gasteiger partial charge is 0.140 e. The number of rotatable bonds is 6. The van der Waals surface area contributed by atoms with Crippen LogP contribution in [0.15, 0.2) is 125 Å². The average molecular weight is 507 g/mol. The van der Waals surface area contributed by atoms with Crippen molar-refractivity contribution in [2.75, 3.05) is 0 Å². The molecule has 0 radical (unpaired) electrons. The molecule has 0 fully saturated rings. The summed E-state index contributed by atoms with van der Waals surface area (Å²) in [6.45, 7) is 0. The molecule has 1 nitrogen and oxygen atoms in total. The van der Waals surface area contributed by atoms with Crippen LogP contribution in [0.4, 0.5) is 0 Å². The highest BCUT2D eigenvalue weighted by Gasteiger charge is 2.34. The maximum absolute atomic E-state index is 12.4. The molecule has 0 spiro atoms. The minimum absolute atomic E-state index is 0.852. The van der Waals surface area contributed by atoms with Crippen molar-refractivity contribution >= 4 is 34.0 Å². The molecule has 3 heterocycles. The van der Waals surface area contributed by atoms with Crippen LogP contribution >= 0.6 is 34.0 Å². The highest BCUT2D eigenvalue weighted by atomic mass is 32.1. The van der Waals surface area contributed by atoms with Gasteiger partial charge in [0.05, 0.1) is 0 Å². The summed E-state index contributed by atoms with van der Waals surface area (Å²) in [4.78, 5) is 3.67. The second-order valence-electron chi connectivity index (χ2n) is 8.37. The molecule has 0 atom stereocenters. The van der Waals surface area contributed by atoms with Crippen molar-refractivity contribution < 1.29 is 5.11 Å². The van der Waals surface area contributed by atoms with E-state index in [9.17, 15) is 5.11 Å². The Hall–Kier alpha value is -3.28. The third kappa shape index (κ3) is 4.19. The zero-order chi connectivity index (χ0) is 23.7. The van der Waals surface area contributed by atoms with Crippen LogP contribution in [0.5, 0.6) is 0 Å². The van der Waals surface area contributed by atoms with E-state index in [1.807, 2.05) is 0 Å². The zero-order valence-electron chi connectivity index (χ0n) is 18.8. The Kier molecular flexibility index (Phi) is 5.96. The summed E-state index contributed by atoms with van der Waals surface area (Å²) < 4.78 is 0. The molecule has 0 aliphatic heterocycles. The van der Waals surface area contributed by atoms with Crippen LogP contribution in [0.1, 0.15) is 16.7 Å². The lowest BCUT2D eigenvalue weighted by molar-refractivity contribution is 0.126. The van der Waals surface area contributed by atoms with Gasteiger partial charge in [0, 0.05) is 14.6 Å². The van der Waals surface area contributed by atoms with Gasteiger partial charge in [0.2, 0.25) is 0 Å². The molecular weight excluding hydrogens is 485 g/mol. The van der Waals surface area contributed by atoms with Crippen LogP contribution in [0, 0.1) is 0 Å². The number of aliphatic hydroxyl groups is 1. The number of benzene rings is 3. The van der Waals surface area contributed by atoms with Gasteiger partial charge in [0.25, 0.3) is 0 Å². The van der Waals surface area contributed by atoms with E-state index in [1.54, 1.807) is 34.0 Å². The second kappa shape index (κ2) is 9.40. The maximum Gasteiger partial charge on any atom is 0.140 e. The van der Waals surface area contributed by atoms with E-state index in [2.05, 4.69) is 125 Å². The van der Waals surface area contributed by atoms with Crippen LogP contribution in [-0.4, -0.2) is 5.11 Å². The summed E-state index contributed by atoms with van der Waals surface area (Å²) in [5.74, 6) is 0. The van der Waals surface area contributed by atoms with Crippen molar-refractivity contribution in [1.82, 2.24) is 0 Å². The van der Waals surface area contributed by atoms with E-state index in [4.69, 9.17) is 0 Å². The van der Waals surface area contributed by atoms with E-state index < -0.39 is 5.60 Å². The van der Waals surface area contributed by atoms with Crippen LogP contribution in [-0.2, 0) is 5.60 Å². The molecule has 6 aromatic rings. The van der Waals surface area contributed by atoms with Crippen molar-refractivity contribution in [3.8, 4) is 31.3 Å². The first kappa shape index (κ1) is 22.2. The summed E-state index contributed by atoms with van der Waals surface area (Å²) in [6.07, 6.45) is 0. The summed E-state index contributed by atoms with van der Waals surface area (Å²) >= 11 is 5.17. The molecular formula is C31H22OS3. The van der Waals surface area contributed by atoms with E-state index >= 15 is 0 Å². The molecule has 170 valence electrons. The Morgan fingerprint density at radius 1 is 0.400 bits per heavy atom. The van der Waals surface area contributed by atoms with E-state index in [0.29, 0.717) is 0 Å². The van der Waals surface area contributed by atoms with Crippen LogP contribution in [0.3, 0.4) is 0 Å². The van der Waals surface area contributed by atoms with Crippen molar-refractivity contribution in [3.63, 3.8) is 0 Å². The summed E-state index contributed by atoms with van der Waals surface area (Å²) in [5, 5.41) is 18.7. The van der Waals surface area contributed by atoms with Gasteiger partial charge in [-0.15, -0.1) is 34.0 Å². The fourth-order valence-corrected chi connectivity index (χ4v) is 6.65. The topological polar surface area (TPSA) is 20.2 Å². The monoisotopic (exact) mass is 506 g/mol. The Balaban J connectivity index is 1.44. The van der Waals surface area contributed by atoms with Gasteiger partial charge in [-0.3, -0.25) is 0 Å². The predicted octanol–water partition coefficient (Wildman–Crippen LogP) is 9.16. The third-order valence-corrected chi connectivity index (χ3v) is 9.08. The molecule has 6 rings (SSSR count). The largest absolute Gasteiger partial charge is 0.376 e. The first-order valence-electron chi connectivity index (χ1n) is 11.4. The van der Waals surface area contributed by atoms with Crippen molar-refractivity contribution in [3.05, 3.63) is 142 Å². The normalized spacial score (nSPS) is 11.6. The van der Waals surface area contributed by atoms with Gasteiger partial charge in [-0.25, -0.2) is 0 Å². The first-order valence-corrected chi connectivity index (χ1v) is 14.0. The molecule has 1 N–H and O–H groups in total. The van der Waals surface area contributed by atoms with Gasteiger partial charge in [-0.1, -0.05) is 91.0 Å². The van der Waals surface area contributed by atoms with Crippen molar-refractivity contribution in [1.29, 1.82) is 0 Å². The molecule has 4 heteroatoms. The average Bonchev–Trinajstić information content (AvgIpc) is 3.73. The Labute approximate surface area is 217 Å². The SMILES string of the molecule is OC(c1ccc(-c2cccs2)cc1)(c1ccc(-c2cccs2)cc1)c1ccc(-c2cccs2)cc1. The molecule has 0 aliphatic carbocycles. The Morgan fingerprint density at radius 3 is 0.914 bits per heavy atom. The minimum atomic E-state index is -1.27. The third-order valence-electron chi connectivity index (χ3n) is 6.33. The quantitative estimate of drug-likeness (QED) is 0.223. The van der Waals surface area contributed by atoms with E-state index in [1.165, 1.54) is 14.6 Å². The van der Waals surface area contributed by atoms with Crippen LogP contribution < -0.4 is 0 Å². The maximum atomic E-state index is 12.4. The highest BCUT2D eigenvalue weighted by molar-refractivity contribution is 7.14. The molecule has 0 bridgehead atoms. The molecule has 35 heavy (non-hydrogen) atoms. The lowest BCUT2D eigenvalue weighted by Crippen LogP contribution is -2.28. The molecule has 0 unspecified atom stereocenters. The Bertz CT molecular complexity index is 1310. The lowest BCUT2D eigenvalue weighted by Gasteiger charge is -2.30. The molecule has 0 saturated heterocycles. The fraction of sp³-hybridized carbons (Fsp3) is 0.0323. The first-order chi connectivity index (χ1) is 17.2. The molecule has 3 aromatic heterocycles. The molecule has 0 aliphatic rings. The van der Waals surface area contributed by atoms with E-state index in [-0.39, 0.29) is 0 Å². The van der Waals surface area contributed by atoms with Gasteiger partial charge in [0.1, 0.15) is 5.60 Å². The number of thiophene rings is 3. The lowest BCUT2D eigenvalue weighted by atomic mass is 9.79. The standard InChI is InChI=1S/C31H22OS3/c32-31(25-13-7-22(8-14-25)28-4-1-19-33-28,26-15-9-23(10-16-26)29-5-2-20-34-29)27-17-11-24(12-18-27)30-6-3-21-35-30/h1-21,32H. The van der Waals surface area contributed by atoms with E-state index in [0.717, 1.165) is 33.4 Å². The van der Waals surface area contributed by atoms with Gasteiger partial charge >= 0.3 is 0 Å². The van der Waals surface area contributed by atoms with Crippen LogP contribution in [0.2, 0.25) is 0 Å². The highest BCUT2D eigenvalue weighted by Crippen LogP contribution is 2.40. The molecule has 0 amide bonds. The van der Waals surface area contributed by atoms with Gasteiger partial charge in [-0.2, -0.15) is 0 Å². The number of hydrogen-bond acceptors (Lipinski definition) is 4.